The lowest BCUT2D eigenvalue weighted by Crippen LogP contribution is -2.40. The van der Waals surface area contributed by atoms with Crippen molar-refractivity contribution in [2.24, 2.45) is 0 Å². The van der Waals surface area contributed by atoms with Crippen molar-refractivity contribution in [2.45, 2.75) is 24.7 Å². The zero-order chi connectivity index (χ0) is 22.3. The van der Waals surface area contributed by atoms with Gasteiger partial charge >= 0.3 is 0 Å². The van der Waals surface area contributed by atoms with Crippen LogP contribution in [0.2, 0.25) is 0 Å². The molecule has 0 saturated carbocycles. The summed E-state index contributed by atoms with van der Waals surface area (Å²) < 4.78 is 31.9. The number of ether oxygens (including phenoxy) is 1. The lowest BCUT2D eigenvalue weighted by Gasteiger charge is -2.15. The van der Waals surface area contributed by atoms with E-state index in [4.69, 9.17) is 4.74 Å². The first-order valence-electron chi connectivity index (χ1n) is 10.0. The largest absolute Gasteiger partial charge is 0.494 e. The van der Waals surface area contributed by atoms with Crippen molar-refractivity contribution in [3.63, 3.8) is 0 Å². The summed E-state index contributed by atoms with van der Waals surface area (Å²) in [5, 5.41) is 0. The zero-order valence-corrected chi connectivity index (χ0v) is 18.0. The van der Waals surface area contributed by atoms with Gasteiger partial charge in [0.1, 0.15) is 5.75 Å². The highest BCUT2D eigenvalue weighted by Gasteiger charge is 2.27. The van der Waals surface area contributed by atoms with Gasteiger partial charge in [0.25, 0.3) is 11.8 Å². The molecule has 3 rings (SSSR count). The van der Waals surface area contributed by atoms with Crippen LogP contribution in [0.5, 0.6) is 5.75 Å². The minimum absolute atomic E-state index is 0.147. The van der Waals surface area contributed by atoms with Crippen LogP contribution in [0.25, 0.3) is 6.08 Å². The number of nitrogens with zero attached hydrogens (tertiary/aromatic N) is 1. The van der Waals surface area contributed by atoms with Gasteiger partial charge in [0.2, 0.25) is 10.0 Å². The average Bonchev–Trinajstić information content (AvgIpc) is 3.33. The van der Waals surface area contributed by atoms with Gasteiger partial charge < -0.3 is 4.74 Å². The second-order valence-corrected chi connectivity index (χ2v) is 8.85. The Kier molecular flexibility index (Phi) is 7.43. The minimum Gasteiger partial charge on any atom is -0.494 e. The van der Waals surface area contributed by atoms with Crippen molar-refractivity contribution in [2.75, 3.05) is 19.7 Å². The Morgan fingerprint density at radius 1 is 1.00 bits per heavy atom. The summed E-state index contributed by atoms with van der Waals surface area (Å²) in [6, 6.07) is 12.9. The molecule has 1 saturated heterocycles. The maximum absolute atomic E-state index is 12.5. The molecule has 1 aliphatic heterocycles. The molecular weight excluding hydrogens is 418 g/mol. The molecule has 0 aromatic heterocycles. The number of hydrogen-bond acceptors (Lipinski definition) is 5. The number of nitrogens with one attached hydrogen (secondary N) is 2. The lowest BCUT2D eigenvalue weighted by molar-refractivity contribution is -0.117. The molecule has 1 aliphatic rings. The molecule has 164 valence electrons. The fourth-order valence-corrected chi connectivity index (χ4v) is 4.62. The monoisotopic (exact) mass is 443 g/mol. The number of benzene rings is 2. The van der Waals surface area contributed by atoms with Crippen LogP contribution in [-0.4, -0.2) is 44.2 Å². The molecule has 0 bridgehead atoms. The highest BCUT2D eigenvalue weighted by molar-refractivity contribution is 7.89. The molecule has 8 nitrogen and oxygen atoms in total. The maximum atomic E-state index is 12.5. The highest BCUT2D eigenvalue weighted by Crippen LogP contribution is 2.21. The second-order valence-electron chi connectivity index (χ2n) is 6.91. The van der Waals surface area contributed by atoms with Crippen LogP contribution in [0.4, 0.5) is 0 Å². The van der Waals surface area contributed by atoms with E-state index in [1.54, 1.807) is 18.2 Å². The Morgan fingerprint density at radius 3 is 2.26 bits per heavy atom. The quantitative estimate of drug-likeness (QED) is 0.505. The van der Waals surface area contributed by atoms with Crippen LogP contribution in [0.3, 0.4) is 0 Å². The Hall–Kier alpha value is -3.17. The number of carbonyl (C=O) groups excluding carboxylic acids is 2. The van der Waals surface area contributed by atoms with E-state index in [1.165, 1.54) is 34.6 Å². The van der Waals surface area contributed by atoms with Gasteiger partial charge in [-0.15, -0.1) is 0 Å². The van der Waals surface area contributed by atoms with Gasteiger partial charge in [-0.05, 0) is 67.8 Å². The van der Waals surface area contributed by atoms with E-state index in [1.807, 2.05) is 19.1 Å². The van der Waals surface area contributed by atoms with Gasteiger partial charge in [-0.2, -0.15) is 4.31 Å². The van der Waals surface area contributed by atoms with E-state index in [9.17, 15) is 18.0 Å². The molecule has 2 aromatic carbocycles. The summed E-state index contributed by atoms with van der Waals surface area (Å²) in [7, 11) is -3.53. The van der Waals surface area contributed by atoms with Crippen LogP contribution >= 0.6 is 0 Å². The summed E-state index contributed by atoms with van der Waals surface area (Å²) >= 11 is 0. The van der Waals surface area contributed by atoms with Crippen LogP contribution < -0.4 is 15.6 Å². The van der Waals surface area contributed by atoms with Gasteiger partial charge in [-0.3, -0.25) is 20.4 Å². The summed E-state index contributed by atoms with van der Waals surface area (Å²) in [6.07, 6.45) is 4.61. The van der Waals surface area contributed by atoms with Crippen molar-refractivity contribution in [3.05, 3.63) is 65.7 Å². The Morgan fingerprint density at radius 2 is 1.65 bits per heavy atom. The number of sulfonamides is 1. The van der Waals surface area contributed by atoms with Crippen molar-refractivity contribution in [1.29, 1.82) is 0 Å². The third-order valence-electron chi connectivity index (χ3n) is 4.74. The number of hydrogen-bond donors (Lipinski definition) is 2. The third-order valence-corrected chi connectivity index (χ3v) is 6.65. The molecule has 2 aromatic rings. The molecule has 2 amide bonds. The first-order chi connectivity index (χ1) is 14.9. The summed E-state index contributed by atoms with van der Waals surface area (Å²) in [6.45, 7) is 3.51. The molecule has 0 spiro atoms. The standard InChI is InChI=1S/C22H25N3O5S/c1-2-30-19-10-5-17(6-11-19)7-14-21(26)23-24-22(27)18-8-12-20(13-9-18)31(28,29)25-15-3-4-16-25/h5-14H,2-4,15-16H2,1H3,(H,23,26)(H,24,27)/b14-7+. The van der Waals surface area contributed by atoms with Crippen molar-refractivity contribution in [1.82, 2.24) is 15.2 Å². The first-order valence-corrected chi connectivity index (χ1v) is 11.5. The Bertz CT molecular complexity index is 1040. The normalized spacial score (nSPS) is 14.5. The molecule has 1 fully saturated rings. The molecule has 0 aliphatic carbocycles. The Balaban J connectivity index is 1.52. The molecule has 1 heterocycles. The van der Waals surface area contributed by atoms with Gasteiger partial charge in [0.15, 0.2) is 0 Å². The van der Waals surface area contributed by atoms with E-state index < -0.39 is 21.8 Å². The number of rotatable bonds is 7. The van der Waals surface area contributed by atoms with Crippen LogP contribution in [0, 0.1) is 0 Å². The topological polar surface area (TPSA) is 105 Å². The van der Waals surface area contributed by atoms with Crippen molar-refractivity contribution in [3.8, 4) is 5.75 Å². The predicted molar refractivity (Wildman–Crippen MR) is 117 cm³/mol. The molecular formula is C22H25N3O5S. The van der Waals surface area contributed by atoms with Gasteiger partial charge in [0.05, 0.1) is 11.5 Å². The van der Waals surface area contributed by atoms with Crippen molar-refractivity contribution < 1.29 is 22.7 Å². The van der Waals surface area contributed by atoms with E-state index >= 15 is 0 Å². The summed E-state index contributed by atoms with van der Waals surface area (Å²) in [5.74, 6) is -0.306. The highest BCUT2D eigenvalue weighted by atomic mass is 32.2. The van der Waals surface area contributed by atoms with Crippen LogP contribution in [0.1, 0.15) is 35.7 Å². The number of amides is 2. The fraction of sp³-hybridized carbons (Fsp3) is 0.273. The van der Waals surface area contributed by atoms with Gasteiger partial charge in [0, 0.05) is 24.7 Å². The molecule has 31 heavy (non-hydrogen) atoms. The minimum atomic E-state index is -3.53. The van der Waals surface area contributed by atoms with Gasteiger partial charge in [-0.25, -0.2) is 8.42 Å². The summed E-state index contributed by atoms with van der Waals surface area (Å²) in [5.41, 5.74) is 5.64. The molecule has 9 heteroatoms. The SMILES string of the molecule is CCOc1ccc(/C=C/C(=O)NNC(=O)c2ccc(S(=O)(=O)N3CCCC3)cc2)cc1. The zero-order valence-electron chi connectivity index (χ0n) is 17.2. The van der Waals surface area contributed by atoms with E-state index in [0.29, 0.717) is 19.7 Å². The third kappa shape index (κ3) is 5.93. The van der Waals surface area contributed by atoms with Crippen LogP contribution in [-0.2, 0) is 14.8 Å². The fourth-order valence-electron chi connectivity index (χ4n) is 3.10. The van der Waals surface area contributed by atoms with E-state index in [0.717, 1.165) is 24.2 Å². The molecule has 0 atom stereocenters. The first kappa shape index (κ1) is 22.5. The maximum Gasteiger partial charge on any atom is 0.269 e. The second kappa shape index (κ2) is 10.2. The molecule has 2 N–H and O–H groups in total. The van der Waals surface area contributed by atoms with Crippen LogP contribution in [0.15, 0.2) is 59.5 Å². The molecule has 0 unspecified atom stereocenters. The Labute approximate surface area is 181 Å². The van der Waals surface area contributed by atoms with E-state index in [-0.39, 0.29) is 10.5 Å². The smallest absolute Gasteiger partial charge is 0.269 e. The number of carbonyl (C=O) groups is 2. The average molecular weight is 444 g/mol. The van der Waals surface area contributed by atoms with E-state index in [2.05, 4.69) is 10.9 Å². The van der Waals surface area contributed by atoms with Gasteiger partial charge in [-0.1, -0.05) is 12.1 Å². The number of hydrazine groups is 1. The predicted octanol–water partition coefficient (Wildman–Crippen LogP) is 2.34. The molecule has 0 radical (unpaired) electrons. The van der Waals surface area contributed by atoms with Crippen molar-refractivity contribution >= 4 is 27.9 Å². The summed E-state index contributed by atoms with van der Waals surface area (Å²) in [4.78, 5) is 24.3. The lowest BCUT2D eigenvalue weighted by atomic mass is 10.2.